The van der Waals surface area contributed by atoms with Crippen LogP contribution in [0.15, 0.2) is 0 Å². The molecule has 0 aliphatic heterocycles. The molecule has 8 heteroatoms. The second-order valence-electron chi connectivity index (χ2n) is 8.48. The van der Waals surface area contributed by atoms with Crippen molar-refractivity contribution in [2.24, 2.45) is 0 Å². The third-order valence-electron chi connectivity index (χ3n) is 5.30. The Morgan fingerprint density at radius 3 is 1.24 bits per heavy atom. The molecule has 0 fully saturated rings. The lowest BCUT2D eigenvalue weighted by atomic mass is 10.0. The van der Waals surface area contributed by atoms with Gasteiger partial charge in [-0.15, -0.1) is 0 Å². The van der Waals surface area contributed by atoms with Gasteiger partial charge in [0.05, 0.1) is 92.0 Å². The minimum Gasteiger partial charge on any atom is -0.394 e. The van der Waals surface area contributed by atoms with Crippen LogP contribution in [0.2, 0.25) is 0 Å². The number of hydrogen-bond acceptors (Lipinski definition) is 8. The highest BCUT2D eigenvalue weighted by Gasteiger charge is 2.04. The predicted octanol–water partition coefficient (Wildman–Crippen LogP) is 3.75. The number of ether oxygens (including phenoxy) is 6. The average Bonchev–Trinajstić information content (AvgIpc) is 2.84. The van der Waals surface area contributed by atoms with Crippen LogP contribution in [0.1, 0.15) is 77.6 Å². The van der Waals surface area contributed by atoms with Gasteiger partial charge in [0.25, 0.3) is 0 Å². The van der Waals surface area contributed by atoms with Crippen LogP contribution in [0.4, 0.5) is 0 Å². The molecule has 0 aromatic heterocycles. The molecule has 2 N–H and O–H groups in total. The van der Waals surface area contributed by atoms with Gasteiger partial charge in [-0.1, -0.05) is 71.1 Å². The van der Waals surface area contributed by atoms with Gasteiger partial charge in [0.2, 0.25) is 0 Å². The van der Waals surface area contributed by atoms with Gasteiger partial charge in [0.15, 0.2) is 0 Å². The number of hydrogen-bond donors (Lipinski definition) is 2. The van der Waals surface area contributed by atoms with Gasteiger partial charge < -0.3 is 38.6 Å². The maximum Gasteiger partial charge on any atom is 0.0773 e. The van der Waals surface area contributed by atoms with Crippen LogP contribution < -0.4 is 0 Å². The SMILES string of the molecule is CCCCCCCCCCCCC(O)COCCOCCOCCOCCOCCOCCO. The van der Waals surface area contributed by atoms with Crippen molar-refractivity contribution in [3.63, 3.8) is 0 Å². The normalized spacial score (nSPS) is 12.4. The zero-order valence-electron chi connectivity index (χ0n) is 21.9. The van der Waals surface area contributed by atoms with Crippen molar-refractivity contribution in [3.05, 3.63) is 0 Å². The Morgan fingerprint density at radius 1 is 0.471 bits per heavy atom. The summed E-state index contributed by atoms with van der Waals surface area (Å²) in [6.07, 6.45) is 13.5. The quantitative estimate of drug-likeness (QED) is 0.146. The third kappa shape index (κ3) is 29.7. The number of aliphatic hydroxyl groups excluding tert-OH is 2. The van der Waals surface area contributed by atoms with Gasteiger partial charge in [-0.25, -0.2) is 0 Å². The van der Waals surface area contributed by atoms with Crippen LogP contribution in [0.3, 0.4) is 0 Å². The van der Waals surface area contributed by atoms with Gasteiger partial charge in [-0.3, -0.25) is 0 Å². The molecule has 0 spiro atoms. The molecule has 34 heavy (non-hydrogen) atoms. The smallest absolute Gasteiger partial charge is 0.0773 e. The number of rotatable bonds is 30. The molecule has 0 bridgehead atoms. The van der Waals surface area contributed by atoms with E-state index < -0.39 is 0 Å². The monoisotopic (exact) mass is 494 g/mol. The molecule has 0 aliphatic carbocycles. The van der Waals surface area contributed by atoms with E-state index in [1.807, 2.05) is 0 Å². The summed E-state index contributed by atoms with van der Waals surface area (Å²) in [5.74, 6) is 0. The summed E-state index contributed by atoms with van der Waals surface area (Å²) < 4.78 is 32.2. The molecule has 0 aromatic rings. The van der Waals surface area contributed by atoms with Gasteiger partial charge in [-0.2, -0.15) is 0 Å². The van der Waals surface area contributed by atoms with Crippen molar-refractivity contribution in [3.8, 4) is 0 Å². The minimum absolute atomic E-state index is 0.0333. The molecular weight excluding hydrogens is 440 g/mol. The Balaban J connectivity index is 3.12. The van der Waals surface area contributed by atoms with E-state index in [0.29, 0.717) is 79.3 Å². The fourth-order valence-electron chi connectivity index (χ4n) is 3.33. The van der Waals surface area contributed by atoms with E-state index in [9.17, 15) is 5.11 Å². The van der Waals surface area contributed by atoms with Gasteiger partial charge in [0.1, 0.15) is 0 Å². The standard InChI is InChI=1S/C26H54O8/c1-2-3-4-5-6-7-8-9-10-11-12-26(28)25-34-24-23-33-22-21-32-20-19-31-18-17-30-16-15-29-14-13-27/h26-28H,2-25H2,1H3. The Bertz CT molecular complexity index is 360. The van der Waals surface area contributed by atoms with Crippen LogP contribution >= 0.6 is 0 Å². The summed E-state index contributed by atoms with van der Waals surface area (Å²) >= 11 is 0. The van der Waals surface area contributed by atoms with Crippen molar-refractivity contribution in [1.29, 1.82) is 0 Å². The second-order valence-corrected chi connectivity index (χ2v) is 8.48. The van der Waals surface area contributed by atoms with Crippen LogP contribution in [-0.4, -0.2) is 102 Å². The van der Waals surface area contributed by atoms with E-state index in [4.69, 9.17) is 33.5 Å². The summed E-state index contributed by atoms with van der Waals surface area (Å²) in [5.41, 5.74) is 0. The van der Waals surface area contributed by atoms with E-state index in [0.717, 1.165) is 12.8 Å². The van der Waals surface area contributed by atoms with Crippen molar-refractivity contribution < 1.29 is 38.6 Å². The molecule has 1 unspecified atom stereocenters. The lowest BCUT2D eigenvalue weighted by Gasteiger charge is -2.11. The lowest BCUT2D eigenvalue weighted by molar-refractivity contribution is -0.0251. The zero-order chi connectivity index (χ0) is 24.8. The van der Waals surface area contributed by atoms with E-state index >= 15 is 0 Å². The lowest BCUT2D eigenvalue weighted by Crippen LogP contribution is -2.18. The summed E-state index contributed by atoms with van der Waals surface area (Å²) in [5, 5.41) is 18.5. The van der Waals surface area contributed by atoms with Crippen LogP contribution in [-0.2, 0) is 28.4 Å². The largest absolute Gasteiger partial charge is 0.394 e. The average molecular weight is 495 g/mol. The Labute approximate surface area is 208 Å². The Hall–Kier alpha value is -0.320. The maximum absolute atomic E-state index is 9.99. The molecule has 206 valence electrons. The Kier molecular flexibility index (Phi) is 30.4. The molecule has 0 rings (SSSR count). The highest BCUT2D eigenvalue weighted by molar-refractivity contribution is 4.55. The summed E-state index contributed by atoms with van der Waals surface area (Å²) in [7, 11) is 0. The van der Waals surface area contributed by atoms with Gasteiger partial charge >= 0.3 is 0 Å². The molecule has 0 aliphatic rings. The molecule has 0 radical (unpaired) electrons. The topological polar surface area (TPSA) is 95.8 Å². The van der Waals surface area contributed by atoms with Crippen LogP contribution in [0, 0.1) is 0 Å². The minimum atomic E-state index is -0.373. The Morgan fingerprint density at radius 2 is 0.824 bits per heavy atom. The fraction of sp³-hybridized carbons (Fsp3) is 1.00. The highest BCUT2D eigenvalue weighted by atomic mass is 16.6. The van der Waals surface area contributed by atoms with E-state index in [1.54, 1.807) is 0 Å². The molecule has 0 heterocycles. The highest BCUT2D eigenvalue weighted by Crippen LogP contribution is 2.12. The van der Waals surface area contributed by atoms with Crippen LogP contribution in [0.25, 0.3) is 0 Å². The van der Waals surface area contributed by atoms with Crippen molar-refractivity contribution >= 4 is 0 Å². The summed E-state index contributed by atoms with van der Waals surface area (Å²) in [6.45, 7) is 8.09. The first-order valence-corrected chi connectivity index (χ1v) is 13.6. The maximum atomic E-state index is 9.99. The van der Waals surface area contributed by atoms with Crippen molar-refractivity contribution in [1.82, 2.24) is 0 Å². The molecular formula is C26H54O8. The fourth-order valence-corrected chi connectivity index (χ4v) is 3.33. The predicted molar refractivity (Wildman–Crippen MR) is 134 cm³/mol. The van der Waals surface area contributed by atoms with Crippen LogP contribution in [0.5, 0.6) is 0 Å². The van der Waals surface area contributed by atoms with Crippen molar-refractivity contribution in [2.75, 3.05) is 85.9 Å². The summed E-state index contributed by atoms with van der Waals surface area (Å²) in [4.78, 5) is 0. The number of aliphatic hydroxyl groups is 2. The van der Waals surface area contributed by atoms with E-state index in [2.05, 4.69) is 6.92 Å². The van der Waals surface area contributed by atoms with E-state index in [-0.39, 0.29) is 12.7 Å². The third-order valence-corrected chi connectivity index (χ3v) is 5.30. The second kappa shape index (κ2) is 30.7. The first kappa shape index (κ1) is 33.7. The zero-order valence-corrected chi connectivity index (χ0v) is 21.9. The molecule has 0 aromatic carbocycles. The molecule has 0 amide bonds. The van der Waals surface area contributed by atoms with Gasteiger partial charge in [0, 0.05) is 0 Å². The molecule has 1 atom stereocenters. The molecule has 0 saturated heterocycles. The molecule has 0 saturated carbocycles. The summed E-state index contributed by atoms with van der Waals surface area (Å²) in [6, 6.07) is 0. The van der Waals surface area contributed by atoms with E-state index in [1.165, 1.54) is 57.8 Å². The number of unbranched alkanes of at least 4 members (excludes halogenated alkanes) is 9. The molecule has 8 nitrogen and oxygen atoms in total. The first-order chi connectivity index (χ1) is 16.8. The van der Waals surface area contributed by atoms with Gasteiger partial charge in [-0.05, 0) is 6.42 Å². The van der Waals surface area contributed by atoms with Crippen molar-refractivity contribution in [2.45, 2.75) is 83.7 Å². The first-order valence-electron chi connectivity index (χ1n) is 13.6.